The maximum atomic E-state index is 5.21. The molecular formula is C62H38N2S. The molecule has 2 heterocycles. The summed E-state index contributed by atoms with van der Waals surface area (Å²) in [5.41, 5.74) is 12.3. The van der Waals surface area contributed by atoms with Crippen molar-refractivity contribution in [2.24, 2.45) is 0 Å². The highest BCUT2D eigenvalue weighted by Gasteiger charge is 2.20. The van der Waals surface area contributed by atoms with Crippen LogP contribution in [-0.2, 0) is 0 Å². The van der Waals surface area contributed by atoms with E-state index >= 15 is 0 Å². The largest absolute Gasteiger partial charge is 0.228 e. The van der Waals surface area contributed by atoms with Gasteiger partial charge in [0.1, 0.15) is 0 Å². The maximum Gasteiger partial charge on any atom is 0.160 e. The minimum Gasteiger partial charge on any atom is -0.228 e. The van der Waals surface area contributed by atoms with Crippen molar-refractivity contribution in [3.8, 4) is 67.3 Å². The van der Waals surface area contributed by atoms with E-state index in [9.17, 15) is 0 Å². The summed E-state index contributed by atoms with van der Waals surface area (Å²) < 4.78 is 2.63. The first-order chi connectivity index (χ1) is 32.2. The van der Waals surface area contributed by atoms with Crippen molar-refractivity contribution >= 4 is 74.6 Å². The van der Waals surface area contributed by atoms with Gasteiger partial charge in [-0.2, -0.15) is 0 Å². The van der Waals surface area contributed by atoms with Crippen molar-refractivity contribution in [3.05, 3.63) is 231 Å². The van der Waals surface area contributed by atoms with Crippen LogP contribution in [0.2, 0.25) is 0 Å². The first-order valence-electron chi connectivity index (χ1n) is 22.1. The summed E-state index contributed by atoms with van der Waals surface area (Å²) in [5.74, 6) is 0.706. The van der Waals surface area contributed by atoms with Crippen LogP contribution in [-0.4, -0.2) is 9.97 Å². The van der Waals surface area contributed by atoms with Gasteiger partial charge in [-0.3, -0.25) is 0 Å². The topological polar surface area (TPSA) is 25.8 Å². The average molecular weight is 843 g/mol. The fraction of sp³-hybridized carbons (Fsp3) is 0. The summed E-state index contributed by atoms with van der Waals surface area (Å²) in [6, 6.07) is 83.5. The molecule has 2 nitrogen and oxygen atoms in total. The van der Waals surface area contributed by atoms with Crippen LogP contribution in [0.25, 0.3) is 131 Å². The van der Waals surface area contributed by atoms with E-state index in [1.54, 1.807) is 0 Å². The third kappa shape index (κ3) is 6.31. The Morgan fingerprint density at radius 2 is 0.846 bits per heavy atom. The predicted molar refractivity (Wildman–Crippen MR) is 278 cm³/mol. The Hall–Kier alpha value is -8.24. The number of fused-ring (bicyclic) bond motifs is 8. The van der Waals surface area contributed by atoms with Gasteiger partial charge in [0.2, 0.25) is 0 Å². The van der Waals surface area contributed by atoms with Gasteiger partial charge in [-0.15, -0.1) is 11.3 Å². The molecule has 0 unspecified atom stereocenters. The molecule has 13 rings (SSSR count). The lowest BCUT2D eigenvalue weighted by Gasteiger charge is -2.19. The normalized spacial score (nSPS) is 11.7. The molecular weight excluding hydrogens is 805 g/mol. The second kappa shape index (κ2) is 15.2. The minimum atomic E-state index is 0.706. The van der Waals surface area contributed by atoms with Gasteiger partial charge in [0.25, 0.3) is 0 Å². The summed E-state index contributed by atoms with van der Waals surface area (Å²) in [4.78, 5) is 10.4. The lowest BCUT2D eigenvalue weighted by molar-refractivity contribution is 1.18. The number of hydrogen-bond donors (Lipinski definition) is 0. The zero-order valence-corrected chi connectivity index (χ0v) is 36.1. The van der Waals surface area contributed by atoms with E-state index in [1.165, 1.54) is 91.3 Å². The van der Waals surface area contributed by atoms with Crippen molar-refractivity contribution in [1.29, 1.82) is 0 Å². The molecule has 0 saturated heterocycles. The molecule has 0 fully saturated rings. The molecule has 0 aliphatic rings. The Morgan fingerprint density at radius 3 is 1.62 bits per heavy atom. The third-order valence-corrected chi connectivity index (χ3v) is 14.3. The second-order valence-corrected chi connectivity index (χ2v) is 17.9. The molecule has 2 aromatic heterocycles. The molecule has 13 aromatic rings. The van der Waals surface area contributed by atoms with Gasteiger partial charge in [-0.05, 0) is 101 Å². The SMILES string of the molecule is c1ccc(-c2nc(-c3ccc(-c4cccc5c4sc4ccccc45)cc3)cc(-c3ccc4cc(-c5c6ccccc6c(-c6ccccc6)c6ccc7ccccc7c56)ccc4c3)n2)cc1. The van der Waals surface area contributed by atoms with Crippen LogP contribution >= 0.6 is 11.3 Å². The molecule has 0 atom stereocenters. The molecule has 0 radical (unpaired) electrons. The summed E-state index contributed by atoms with van der Waals surface area (Å²) in [6.45, 7) is 0. The monoisotopic (exact) mass is 842 g/mol. The van der Waals surface area contributed by atoms with E-state index in [4.69, 9.17) is 9.97 Å². The Morgan fingerprint density at radius 1 is 0.292 bits per heavy atom. The van der Waals surface area contributed by atoms with E-state index in [0.717, 1.165) is 33.5 Å². The molecule has 0 amide bonds. The van der Waals surface area contributed by atoms with Crippen molar-refractivity contribution < 1.29 is 0 Å². The molecule has 302 valence electrons. The zero-order valence-electron chi connectivity index (χ0n) is 35.2. The van der Waals surface area contributed by atoms with Crippen LogP contribution in [0.15, 0.2) is 231 Å². The maximum absolute atomic E-state index is 5.21. The lowest BCUT2D eigenvalue weighted by atomic mass is 9.83. The highest BCUT2D eigenvalue weighted by atomic mass is 32.1. The molecule has 0 N–H and O–H groups in total. The molecule has 11 aromatic carbocycles. The number of thiophene rings is 1. The van der Waals surface area contributed by atoms with E-state index in [2.05, 4.69) is 212 Å². The van der Waals surface area contributed by atoms with Crippen molar-refractivity contribution in [2.45, 2.75) is 0 Å². The highest BCUT2D eigenvalue weighted by molar-refractivity contribution is 7.26. The average Bonchev–Trinajstić information content (AvgIpc) is 3.77. The van der Waals surface area contributed by atoms with Crippen molar-refractivity contribution in [1.82, 2.24) is 9.97 Å². The first-order valence-corrected chi connectivity index (χ1v) is 23.0. The fourth-order valence-electron chi connectivity index (χ4n) is 9.98. The molecule has 0 aliphatic carbocycles. The molecule has 0 aliphatic heterocycles. The molecule has 0 spiro atoms. The number of benzene rings is 11. The van der Waals surface area contributed by atoms with Crippen LogP contribution in [0.3, 0.4) is 0 Å². The number of nitrogens with zero attached hydrogens (tertiary/aromatic N) is 2. The number of aromatic nitrogens is 2. The van der Waals surface area contributed by atoms with Crippen LogP contribution in [0, 0.1) is 0 Å². The van der Waals surface area contributed by atoms with E-state index in [0.29, 0.717) is 5.82 Å². The Balaban J connectivity index is 0.931. The van der Waals surface area contributed by atoms with Crippen LogP contribution in [0.1, 0.15) is 0 Å². The van der Waals surface area contributed by atoms with Gasteiger partial charge in [0, 0.05) is 36.9 Å². The van der Waals surface area contributed by atoms with Gasteiger partial charge < -0.3 is 0 Å². The molecule has 0 bridgehead atoms. The van der Waals surface area contributed by atoms with Gasteiger partial charge in [-0.25, -0.2) is 9.97 Å². The quantitative estimate of drug-likeness (QED) is 0.123. The summed E-state index contributed by atoms with van der Waals surface area (Å²) in [6.07, 6.45) is 0. The first kappa shape index (κ1) is 37.3. The van der Waals surface area contributed by atoms with Gasteiger partial charge >= 0.3 is 0 Å². The molecule has 65 heavy (non-hydrogen) atoms. The Bertz CT molecular complexity index is 3980. The lowest BCUT2D eigenvalue weighted by Crippen LogP contribution is -1.96. The van der Waals surface area contributed by atoms with Crippen LogP contribution < -0.4 is 0 Å². The fourth-order valence-corrected chi connectivity index (χ4v) is 11.2. The molecule has 3 heteroatoms. The zero-order chi connectivity index (χ0) is 42.8. The Labute approximate surface area is 380 Å². The summed E-state index contributed by atoms with van der Waals surface area (Å²) >= 11 is 1.86. The summed E-state index contributed by atoms with van der Waals surface area (Å²) in [5, 5.41) is 12.5. The predicted octanol–water partition coefficient (Wildman–Crippen LogP) is 17.5. The third-order valence-electron chi connectivity index (χ3n) is 13.1. The smallest absolute Gasteiger partial charge is 0.160 e. The second-order valence-electron chi connectivity index (χ2n) is 16.8. The van der Waals surface area contributed by atoms with Gasteiger partial charge in [0.15, 0.2) is 5.82 Å². The number of hydrogen-bond acceptors (Lipinski definition) is 3. The van der Waals surface area contributed by atoms with Crippen molar-refractivity contribution in [2.75, 3.05) is 0 Å². The Kier molecular flexibility index (Phi) is 8.75. The minimum absolute atomic E-state index is 0.706. The number of rotatable bonds is 6. The van der Waals surface area contributed by atoms with Crippen LogP contribution in [0.4, 0.5) is 0 Å². The standard InChI is InChI=1S/C62H38N2S/c1-3-15-42(16-4-1)58-51-21-9-10-22-52(51)59(60-48-19-8-7-14-39(48)34-35-54(58)60)47-33-31-44-36-46(32-30-45(44)37-47)56-38-55(63-62(64-56)43-17-5-2-6-18-43)41-28-26-40(27-29-41)49-23-13-24-53-50-20-11-12-25-57(50)65-61(49)53/h1-38H. The highest BCUT2D eigenvalue weighted by Crippen LogP contribution is 2.47. The van der Waals surface area contributed by atoms with E-state index in [1.807, 2.05) is 29.5 Å². The van der Waals surface area contributed by atoms with E-state index < -0.39 is 0 Å². The molecule has 0 saturated carbocycles. The van der Waals surface area contributed by atoms with E-state index in [-0.39, 0.29) is 0 Å². The van der Waals surface area contributed by atoms with Crippen LogP contribution in [0.5, 0.6) is 0 Å². The summed E-state index contributed by atoms with van der Waals surface area (Å²) in [7, 11) is 0. The van der Waals surface area contributed by atoms with Crippen molar-refractivity contribution in [3.63, 3.8) is 0 Å². The van der Waals surface area contributed by atoms with Gasteiger partial charge in [-0.1, -0.05) is 206 Å². The van der Waals surface area contributed by atoms with Gasteiger partial charge in [0.05, 0.1) is 11.4 Å².